The summed E-state index contributed by atoms with van der Waals surface area (Å²) in [4.78, 5) is 14.4. The van der Waals surface area contributed by atoms with E-state index in [1.165, 1.54) is 11.3 Å². The van der Waals surface area contributed by atoms with E-state index in [0.29, 0.717) is 6.42 Å². The molecule has 3 N–H and O–H groups in total. The highest BCUT2D eigenvalue weighted by atomic mass is 16.3. The van der Waals surface area contributed by atoms with Gasteiger partial charge in [-0.3, -0.25) is 0 Å². The molecule has 5 heteroatoms. The number of benzene rings is 2. The van der Waals surface area contributed by atoms with Crippen molar-refractivity contribution in [2.24, 2.45) is 0 Å². The van der Waals surface area contributed by atoms with Crippen LogP contribution in [0.5, 0.6) is 0 Å². The van der Waals surface area contributed by atoms with E-state index in [0.717, 1.165) is 36.2 Å². The van der Waals surface area contributed by atoms with Crippen molar-refractivity contribution in [2.45, 2.75) is 24.9 Å². The van der Waals surface area contributed by atoms with Crippen molar-refractivity contribution in [2.75, 3.05) is 30.4 Å². The first-order valence-electron chi connectivity index (χ1n) is 8.75. The molecule has 1 atom stereocenters. The maximum atomic E-state index is 12.3. The number of fused-ring (bicyclic) bond motifs is 2. The Hall–Kier alpha value is -2.53. The topological polar surface area (TPSA) is 64.6 Å². The van der Waals surface area contributed by atoms with Crippen LogP contribution in [0, 0.1) is 0 Å². The maximum Gasteiger partial charge on any atom is 0.319 e. The maximum absolute atomic E-state index is 12.3. The number of rotatable bonds is 3. The van der Waals surface area contributed by atoms with Crippen LogP contribution in [0.3, 0.4) is 0 Å². The molecule has 4 rings (SSSR count). The van der Waals surface area contributed by atoms with Gasteiger partial charge in [-0.15, -0.1) is 0 Å². The Morgan fingerprint density at radius 1 is 1.20 bits per heavy atom. The summed E-state index contributed by atoms with van der Waals surface area (Å²) in [5, 5.41) is 16.6. The molecule has 1 unspecified atom stereocenters. The summed E-state index contributed by atoms with van der Waals surface area (Å²) in [6.45, 7) is 1.22. The Labute approximate surface area is 147 Å². The zero-order valence-corrected chi connectivity index (χ0v) is 14.4. The SMILES string of the molecule is CN1CCc2ccc(NC(=O)NCC3(O)CCc4ccccc43)cc21. The van der Waals surface area contributed by atoms with Gasteiger partial charge >= 0.3 is 6.03 Å². The Morgan fingerprint density at radius 3 is 2.92 bits per heavy atom. The number of urea groups is 1. The molecule has 0 aromatic heterocycles. The second kappa shape index (κ2) is 6.08. The number of amides is 2. The van der Waals surface area contributed by atoms with Crippen molar-refractivity contribution in [1.29, 1.82) is 0 Å². The molecule has 2 aliphatic rings. The van der Waals surface area contributed by atoms with Gasteiger partial charge in [0.05, 0.1) is 6.54 Å². The van der Waals surface area contributed by atoms with Gasteiger partial charge in [0.15, 0.2) is 0 Å². The van der Waals surface area contributed by atoms with Crippen LogP contribution in [0.2, 0.25) is 0 Å². The number of carbonyl (C=O) groups excluding carboxylic acids is 1. The summed E-state index contributed by atoms with van der Waals surface area (Å²) in [6, 6.07) is 13.6. The summed E-state index contributed by atoms with van der Waals surface area (Å²) in [7, 11) is 2.06. The van der Waals surface area contributed by atoms with Crippen LogP contribution in [-0.4, -0.2) is 31.3 Å². The molecule has 0 saturated heterocycles. The standard InChI is InChI=1S/C20H23N3O2/c1-23-11-9-15-6-7-16(12-18(15)23)22-19(24)21-13-20(25)10-8-14-4-2-3-5-17(14)20/h2-7,12,25H,8-11,13H2,1H3,(H2,21,22,24). The Kier molecular flexibility index (Phi) is 3.88. The molecule has 2 amide bonds. The van der Waals surface area contributed by atoms with E-state index < -0.39 is 5.60 Å². The zero-order valence-electron chi connectivity index (χ0n) is 14.4. The van der Waals surface area contributed by atoms with Gasteiger partial charge in [0.25, 0.3) is 0 Å². The predicted octanol–water partition coefficient (Wildman–Crippen LogP) is 2.63. The second-order valence-electron chi connectivity index (χ2n) is 7.01. The van der Waals surface area contributed by atoms with E-state index in [2.05, 4.69) is 28.6 Å². The van der Waals surface area contributed by atoms with Crippen molar-refractivity contribution >= 4 is 17.4 Å². The number of hydrogen-bond acceptors (Lipinski definition) is 3. The van der Waals surface area contributed by atoms with E-state index in [1.54, 1.807) is 0 Å². The van der Waals surface area contributed by atoms with Crippen molar-refractivity contribution in [3.8, 4) is 0 Å². The van der Waals surface area contributed by atoms with Crippen molar-refractivity contribution in [1.82, 2.24) is 5.32 Å². The normalized spacial score (nSPS) is 21.0. The van der Waals surface area contributed by atoms with Crippen molar-refractivity contribution < 1.29 is 9.90 Å². The molecule has 1 aliphatic heterocycles. The third-order valence-electron chi connectivity index (χ3n) is 5.34. The molecule has 5 nitrogen and oxygen atoms in total. The Morgan fingerprint density at radius 2 is 2.04 bits per heavy atom. The number of carbonyl (C=O) groups is 1. The first-order valence-corrected chi connectivity index (χ1v) is 8.75. The lowest BCUT2D eigenvalue weighted by atomic mass is 9.96. The molecule has 1 heterocycles. The Balaban J connectivity index is 1.40. The third kappa shape index (κ3) is 2.96. The number of nitrogens with zero attached hydrogens (tertiary/aromatic N) is 1. The number of likely N-dealkylation sites (N-methyl/N-ethyl adjacent to an activating group) is 1. The van der Waals surface area contributed by atoms with Gasteiger partial charge in [-0.05, 0) is 48.1 Å². The van der Waals surface area contributed by atoms with Gasteiger partial charge in [-0.1, -0.05) is 30.3 Å². The van der Waals surface area contributed by atoms with Crippen LogP contribution in [0.1, 0.15) is 23.1 Å². The number of anilines is 2. The summed E-state index contributed by atoms with van der Waals surface area (Å²) >= 11 is 0. The molecule has 25 heavy (non-hydrogen) atoms. The van der Waals surface area contributed by atoms with Crippen molar-refractivity contribution in [3.05, 3.63) is 59.2 Å². The molecule has 0 bridgehead atoms. The largest absolute Gasteiger partial charge is 0.383 e. The fourth-order valence-corrected chi connectivity index (χ4v) is 3.87. The minimum absolute atomic E-state index is 0.209. The summed E-state index contributed by atoms with van der Waals surface area (Å²) < 4.78 is 0. The minimum Gasteiger partial charge on any atom is -0.383 e. The van der Waals surface area contributed by atoms with E-state index in [1.807, 2.05) is 36.4 Å². The lowest BCUT2D eigenvalue weighted by Crippen LogP contribution is -2.41. The smallest absolute Gasteiger partial charge is 0.319 e. The molecular weight excluding hydrogens is 314 g/mol. The summed E-state index contributed by atoms with van der Waals surface area (Å²) in [5.74, 6) is 0. The molecule has 130 valence electrons. The van der Waals surface area contributed by atoms with E-state index in [-0.39, 0.29) is 12.6 Å². The fourth-order valence-electron chi connectivity index (χ4n) is 3.87. The predicted molar refractivity (Wildman–Crippen MR) is 99.1 cm³/mol. The average molecular weight is 337 g/mol. The molecule has 2 aromatic rings. The van der Waals surface area contributed by atoms with Gasteiger partial charge < -0.3 is 20.6 Å². The van der Waals surface area contributed by atoms with Gasteiger partial charge in [0.1, 0.15) is 5.60 Å². The number of nitrogens with one attached hydrogen (secondary N) is 2. The third-order valence-corrected chi connectivity index (χ3v) is 5.34. The van der Waals surface area contributed by atoms with Crippen molar-refractivity contribution in [3.63, 3.8) is 0 Å². The monoisotopic (exact) mass is 337 g/mol. The van der Waals surface area contributed by atoms with Crippen LogP contribution in [0.25, 0.3) is 0 Å². The fraction of sp³-hybridized carbons (Fsp3) is 0.350. The molecule has 0 spiro atoms. The van der Waals surface area contributed by atoms with Crippen LogP contribution in [-0.2, 0) is 18.4 Å². The quantitative estimate of drug-likeness (QED) is 0.807. The highest BCUT2D eigenvalue weighted by molar-refractivity contribution is 5.90. The highest BCUT2D eigenvalue weighted by Gasteiger charge is 2.36. The zero-order chi connectivity index (χ0) is 17.4. The highest BCUT2D eigenvalue weighted by Crippen LogP contribution is 2.36. The minimum atomic E-state index is -0.980. The molecule has 1 aliphatic carbocycles. The second-order valence-corrected chi connectivity index (χ2v) is 7.01. The van der Waals surface area contributed by atoms with Crippen LogP contribution in [0.4, 0.5) is 16.2 Å². The lowest BCUT2D eigenvalue weighted by molar-refractivity contribution is 0.0417. The number of hydrogen-bond donors (Lipinski definition) is 3. The Bertz CT molecular complexity index is 820. The van der Waals surface area contributed by atoms with E-state index in [4.69, 9.17) is 0 Å². The van der Waals surface area contributed by atoms with E-state index in [9.17, 15) is 9.90 Å². The number of aryl methyl sites for hydroxylation is 1. The molecule has 0 fully saturated rings. The molecular formula is C20H23N3O2. The first-order chi connectivity index (χ1) is 12.0. The summed E-state index contributed by atoms with van der Waals surface area (Å²) in [6.07, 6.45) is 2.52. The molecule has 0 radical (unpaired) electrons. The van der Waals surface area contributed by atoms with E-state index >= 15 is 0 Å². The van der Waals surface area contributed by atoms with Gasteiger partial charge in [0.2, 0.25) is 0 Å². The number of aliphatic hydroxyl groups is 1. The average Bonchev–Trinajstić information content (AvgIpc) is 3.15. The molecule has 0 saturated carbocycles. The van der Waals surface area contributed by atoms with Crippen LogP contribution < -0.4 is 15.5 Å². The summed E-state index contributed by atoms with van der Waals surface area (Å²) in [5.41, 5.74) is 4.35. The van der Waals surface area contributed by atoms with Gasteiger partial charge in [-0.25, -0.2) is 4.79 Å². The first kappa shape index (κ1) is 16.0. The lowest BCUT2D eigenvalue weighted by Gasteiger charge is -2.24. The molecule has 2 aromatic carbocycles. The van der Waals surface area contributed by atoms with Gasteiger partial charge in [-0.2, -0.15) is 0 Å². The van der Waals surface area contributed by atoms with Gasteiger partial charge in [0, 0.05) is 25.0 Å². The van der Waals surface area contributed by atoms with Crippen LogP contribution in [0.15, 0.2) is 42.5 Å². The van der Waals surface area contributed by atoms with Crippen LogP contribution >= 0.6 is 0 Å².